The zero-order valence-corrected chi connectivity index (χ0v) is 11.3. The van der Waals surface area contributed by atoms with Gasteiger partial charge in [-0.05, 0) is 36.4 Å². The molecule has 0 aliphatic heterocycles. The minimum Gasteiger partial charge on any atom is -0.497 e. The number of carboxylic acid groups (broad SMARTS) is 1. The molecule has 0 radical (unpaired) electrons. The van der Waals surface area contributed by atoms with Crippen LogP contribution in [0.1, 0.15) is 10.4 Å². The van der Waals surface area contributed by atoms with Gasteiger partial charge in [-0.1, -0.05) is 0 Å². The molecule has 3 rings (SSSR count). The SMILES string of the molecule is COc1ccc(-c2nc3cc(C(=O)O)ccn3c2N)cc1. The van der Waals surface area contributed by atoms with Gasteiger partial charge in [0.1, 0.15) is 22.9 Å². The number of aromatic carboxylic acids is 1. The summed E-state index contributed by atoms with van der Waals surface area (Å²) < 4.78 is 6.77. The first-order chi connectivity index (χ1) is 10.1. The lowest BCUT2D eigenvalue weighted by atomic mass is 10.1. The van der Waals surface area contributed by atoms with Gasteiger partial charge in [0, 0.05) is 11.8 Å². The highest BCUT2D eigenvalue weighted by molar-refractivity contribution is 5.89. The van der Waals surface area contributed by atoms with Crippen LogP contribution in [0.25, 0.3) is 16.9 Å². The Balaban J connectivity index is 2.13. The van der Waals surface area contributed by atoms with E-state index in [1.54, 1.807) is 17.7 Å². The molecule has 6 heteroatoms. The summed E-state index contributed by atoms with van der Waals surface area (Å²) in [5.41, 5.74) is 8.22. The Morgan fingerprint density at radius 1 is 1.29 bits per heavy atom. The van der Waals surface area contributed by atoms with Gasteiger partial charge in [-0.15, -0.1) is 0 Å². The number of imidazole rings is 1. The third-order valence-corrected chi connectivity index (χ3v) is 3.27. The molecule has 0 bridgehead atoms. The first-order valence-electron chi connectivity index (χ1n) is 6.25. The van der Waals surface area contributed by atoms with Gasteiger partial charge in [-0.25, -0.2) is 9.78 Å². The molecule has 0 saturated heterocycles. The van der Waals surface area contributed by atoms with Crippen LogP contribution in [-0.2, 0) is 0 Å². The van der Waals surface area contributed by atoms with Crippen LogP contribution >= 0.6 is 0 Å². The van der Waals surface area contributed by atoms with E-state index >= 15 is 0 Å². The van der Waals surface area contributed by atoms with Gasteiger partial charge < -0.3 is 15.6 Å². The average molecular weight is 283 g/mol. The number of carboxylic acids is 1. The molecule has 0 aliphatic carbocycles. The van der Waals surface area contributed by atoms with Gasteiger partial charge in [0.05, 0.1) is 12.7 Å². The number of anilines is 1. The molecule has 1 aromatic carbocycles. The predicted octanol–water partition coefficient (Wildman–Crippen LogP) is 2.29. The number of hydrogen-bond donors (Lipinski definition) is 2. The Bertz CT molecular complexity index is 822. The number of rotatable bonds is 3. The van der Waals surface area contributed by atoms with Crippen molar-refractivity contribution in [2.75, 3.05) is 12.8 Å². The zero-order valence-electron chi connectivity index (χ0n) is 11.3. The average Bonchev–Trinajstić information content (AvgIpc) is 2.84. The van der Waals surface area contributed by atoms with Crippen molar-refractivity contribution in [3.05, 3.63) is 48.2 Å². The van der Waals surface area contributed by atoms with Crippen LogP contribution in [0.4, 0.5) is 5.82 Å². The quantitative estimate of drug-likeness (QED) is 0.769. The van der Waals surface area contributed by atoms with Crippen LogP contribution in [0.3, 0.4) is 0 Å². The Morgan fingerprint density at radius 3 is 2.62 bits per heavy atom. The van der Waals surface area contributed by atoms with E-state index in [-0.39, 0.29) is 5.56 Å². The summed E-state index contributed by atoms with van der Waals surface area (Å²) in [5, 5.41) is 9.01. The molecule has 2 heterocycles. The first-order valence-corrected chi connectivity index (χ1v) is 6.25. The number of hydrogen-bond acceptors (Lipinski definition) is 4. The van der Waals surface area contributed by atoms with E-state index in [4.69, 9.17) is 15.6 Å². The topological polar surface area (TPSA) is 89.8 Å². The second-order valence-corrected chi connectivity index (χ2v) is 4.52. The molecule has 21 heavy (non-hydrogen) atoms. The molecule has 0 atom stereocenters. The van der Waals surface area contributed by atoms with Crippen molar-refractivity contribution >= 4 is 17.4 Å². The standard InChI is InChI=1S/C15H13N3O3/c1-21-11-4-2-9(3-5-11)13-14(16)18-7-6-10(15(19)20)8-12(18)17-13/h2-8H,16H2,1H3,(H,19,20). The highest BCUT2D eigenvalue weighted by Gasteiger charge is 2.13. The number of methoxy groups -OCH3 is 1. The van der Waals surface area contributed by atoms with Gasteiger partial charge in [-0.2, -0.15) is 0 Å². The molecule has 6 nitrogen and oxygen atoms in total. The fourth-order valence-corrected chi connectivity index (χ4v) is 2.16. The molecule has 3 N–H and O–H groups in total. The number of benzene rings is 1. The first kappa shape index (κ1) is 13.0. The summed E-state index contributed by atoms with van der Waals surface area (Å²) in [6.45, 7) is 0. The molecule has 106 valence electrons. The molecule has 3 aromatic rings. The van der Waals surface area contributed by atoms with E-state index in [0.717, 1.165) is 11.3 Å². The molecular weight excluding hydrogens is 270 g/mol. The summed E-state index contributed by atoms with van der Waals surface area (Å²) in [4.78, 5) is 15.4. The van der Waals surface area contributed by atoms with E-state index in [1.165, 1.54) is 12.1 Å². The van der Waals surface area contributed by atoms with Crippen LogP contribution in [-0.4, -0.2) is 27.6 Å². The van der Waals surface area contributed by atoms with Crippen molar-refractivity contribution in [3.8, 4) is 17.0 Å². The predicted molar refractivity (Wildman–Crippen MR) is 78.6 cm³/mol. The van der Waals surface area contributed by atoms with E-state index in [1.807, 2.05) is 24.3 Å². The number of fused-ring (bicyclic) bond motifs is 1. The fraction of sp³-hybridized carbons (Fsp3) is 0.0667. The zero-order chi connectivity index (χ0) is 15.0. The molecule has 0 aliphatic rings. The lowest BCUT2D eigenvalue weighted by molar-refractivity contribution is 0.0697. The van der Waals surface area contributed by atoms with Crippen LogP contribution in [0.2, 0.25) is 0 Å². The van der Waals surface area contributed by atoms with Crippen molar-refractivity contribution in [1.82, 2.24) is 9.38 Å². The summed E-state index contributed by atoms with van der Waals surface area (Å²) in [6, 6.07) is 10.3. The lowest BCUT2D eigenvalue weighted by Crippen LogP contribution is -1.99. The number of ether oxygens (including phenoxy) is 1. The monoisotopic (exact) mass is 283 g/mol. The molecule has 2 aromatic heterocycles. The number of nitrogens with two attached hydrogens (primary N) is 1. The molecular formula is C15H13N3O3. The molecule has 0 amide bonds. The van der Waals surface area contributed by atoms with Gasteiger partial charge >= 0.3 is 5.97 Å². The van der Waals surface area contributed by atoms with E-state index < -0.39 is 5.97 Å². The van der Waals surface area contributed by atoms with E-state index in [9.17, 15) is 4.79 Å². The van der Waals surface area contributed by atoms with Crippen molar-refractivity contribution in [1.29, 1.82) is 0 Å². The number of aromatic nitrogens is 2. The summed E-state index contributed by atoms with van der Waals surface area (Å²) in [5.74, 6) is 0.214. The van der Waals surface area contributed by atoms with Crippen LogP contribution < -0.4 is 10.5 Å². The molecule has 0 fully saturated rings. The third kappa shape index (κ3) is 2.16. The van der Waals surface area contributed by atoms with Crippen LogP contribution in [0.15, 0.2) is 42.6 Å². The summed E-state index contributed by atoms with van der Waals surface area (Å²) in [7, 11) is 1.60. The van der Waals surface area contributed by atoms with Gasteiger partial charge in [0.2, 0.25) is 0 Å². The lowest BCUT2D eigenvalue weighted by Gasteiger charge is -2.02. The maximum Gasteiger partial charge on any atom is 0.335 e. The van der Waals surface area contributed by atoms with Crippen LogP contribution in [0, 0.1) is 0 Å². The molecule has 0 saturated carbocycles. The van der Waals surface area contributed by atoms with Crippen molar-refractivity contribution < 1.29 is 14.6 Å². The summed E-state index contributed by atoms with van der Waals surface area (Å²) in [6.07, 6.45) is 1.61. The number of nitrogen functional groups attached to an aromatic ring is 1. The smallest absolute Gasteiger partial charge is 0.335 e. The van der Waals surface area contributed by atoms with Crippen molar-refractivity contribution in [3.63, 3.8) is 0 Å². The van der Waals surface area contributed by atoms with E-state index in [0.29, 0.717) is 17.2 Å². The third-order valence-electron chi connectivity index (χ3n) is 3.27. The summed E-state index contributed by atoms with van der Waals surface area (Å²) >= 11 is 0. The van der Waals surface area contributed by atoms with Gasteiger partial charge in [0.15, 0.2) is 0 Å². The van der Waals surface area contributed by atoms with E-state index in [2.05, 4.69) is 4.98 Å². The Kier molecular flexibility index (Phi) is 2.98. The number of pyridine rings is 1. The Morgan fingerprint density at radius 2 is 2.00 bits per heavy atom. The second-order valence-electron chi connectivity index (χ2n) is 4.52. The largest absolute Gasteiger partial charge is 0.497 e. The highest BCUT2D eigenvalue weighted by atomic mass is 16.5. The number of nitrogens with zero attached hydrogens (tertiary/aromatic N) is 2. The van der Waals surface area contributed by atoms with Gasteiger partial charge in [-0.3, -0.25) is 4.40 Å². The minimum absolute atomic E-state index is 0.175. The Hall–Kier alpha value is -3.02. The maximum absolute atomic E-state index is 11.0. The molecule has 0 unspecified atom stereocenters. The fourth-order valence-electron chi connectivity index (χ4n) is 2.16. The van der Waals surface area contributed by atoms with Crippen molar-refractivity contribution in [2.45, 2.75) is 0 Å². The van der Waals surface area contributed by atoms with Crippen molar-refractivity contribution in [2.24, 2.45) is 0 Å². The second kappa shape index (κ2) is 4.82. The normalized spacial score (nSPS) is 10.7. The number of carbonyl (C=O) groups is 1. The highest BCUT2D eigenvalue weighted by Crippen LogP contribution is 2.28. The van der Waals surface area contributed by atoms with Gasteiger partial charge in [0.25, 0.3) is 0 Å². The Labute approximate surface area is 120 Å². The molecule has 0 spiro atoms. The minimum atomic E-state index is -0.995. The maximum atomic E-state index is 11.0. The van der Waals surface area contributed by atoms with Crippen LogP contribution in [0.5, 0.6) is 5.75 Å².